The molecule has 0 aromatic rings. The van der Waals surface area contributed by atoms with Crippen molar-refractivity contribution in [1.82, 2.24) is 0 Å². The Morgan fingerprint density at radius 3 is 1.25 bits per heavy atom. The largest absolute Gasteiger partial charge is 1.00 e. The lowest BCUT2D eigenvalue weighted by Crippen LogP contribution is -3.00. The van der Waals surface area contributed by atoms with Gasteiger partial charge in [0.2, 0.25) is 0 Å². The van der Waals surface area contributed by atoms with Crippen molar-refractivity contribution in [2.45, 2.75) is 202 Å². The molecule has 0 rings (SSSR count). The Morgan fingerprint density at radius 2 is 0.800 bits per heavy atom. The second kappa shape index (κ2) is 30.7. The molecule has 0 amide bonds. The van der Waals surface area contributed by atoms with Gasteiger partial charge >= 0.3 is 0 Å². The molecule has 3 atom stereocenters. The van der Waals surface area contributed by atoms with E-state index in [1.165, 1.54) is 185 Å². The molecule has 0 aliphatic heterocycles. The van der Waals surface area contributed by atoms with Crippen LogP contribution in [0.25, 0.3) is 0 Å². The second-order valence-electron chi connectivity index (χ2n) is 14.7. The van der Waals surface area contributed by atoms with Crippen LogP contribution in [0.1, 0.15) is 202 Å². The molecule has 0 aromatic heterocycles. The average molecular weight is 587 g/mol. The summed E-state index contributed by atoms with van der Waals surface area (Å²) in [6.07, 6.45) is 37.7. The van der Waals surface area contributed by atoms with Crippen molar-refractivity contribution in [3.63, 3.8) is 0 Å². The Labute approximate surface area is 262 Å². The fourth-order valence-electron chi connectivity index (χ4n) is 6.93. The molecule has 2 heteroatoms. The standard InChI is InChI=1S/C38H80N.ClH/c1-8-11-12-13-14-15-16-17-18-19-20-21-22-23-24-27-34-39(6,7)35-38(33-32-37(5)29-10-3)31-26-25-30-36(4)28-9-2;/h36-38H,8-35H2,1-7H3;1H/q+1;/p-1. The first-order valence-corrected chi connectivity index (χ1v) is 18.7. The molecule has 1 nitrogen and oxygen atoms in total. The van der Waals surface area contributed by atoms with Crippen LogP contribution in [0.4, 0.5) is 0 Å². The van der Waals surface area contributed by atoms with E-state index in [0.29, 0.717) is 0 Å². The molecule has 0 spiro atoms. The predicted octanol–water partition coefficient (Wildman–Crippen LogP) is 10.2. The van der Waals surface area contributed by atoms with E-state index >= 15 is 0 Å². The molecule has 0 aromatic carbocycles. The highest BCUT2D eigenvalue weighted by Crippen LogP contribution is 2.25. The average Bonchev–Trinajstić information content (AvgIpc) is 2.89. The normalized spacial score (nSPS) is 14.2. The number of unbranched alkanes of at least 4 members (excludes halogenated alkanes) is 16. The van der Waals surface area contributed by atoms with Crippen molar-refractivity contribution < 1.29 is 16.9 Å². The molecule has 0 aliphatic carbocycles. The SMILES string of the molecule is CCCCCCCCCCCCCCCCCC[N+](C)(C)CC(CCCCC(C)CCC)CCC(C)CCC.[Cl-]. The molecule has 0 N–H and O–H groups in total. The molecule has 0 bridgehead atoms. The van der Waals surface area contributed by atoms with Crippen LogP contribution in [-0.2, 0) is 0 Å². The highest BCUT2D eigenvalue weighted by Gasteiger charge is 2.22. The van der Waals surface area contributed by atoms with Crippen LogP contribution in [-0.4, -0.2) is 31.7 Å². The Balaban J connectivity index is 0. The van der Waals surface area contributed by atoms with Gasteiger partial charge in [-0.25, -0.2) is 0 Å². The van der Waals surface area contributed by atoms with Crippen LogP contribution in [0.3, 0.4) is 0 Å². The fraction of sp³-hybridized carbons (Fsp3) is 1.00. The summed E-state index contributed by atoms with van der Waals surface area (Å²) in [5, 5.41) is 0. The molecule has 0 saturated carbocycles. The molecule has 0 saturated heterocycles. The highest BCUT2D eigenvalue weighted by molar-refractivity contribution is 4.64. The molecule has 0 radical (unpaired) electrons. The molecule has 40 heavy (non-hydrogen) atoms. The Hall–Kier alpha value is 0.250. The van der Waals surface area contributed by atoms with Gasteiger partial charge < -0.3 is 16.9 Å². The van der Waals surface area contributed by atoms with Crippen molar-refractivity contribution in [3.05, 3.63) is 0 Å². The number of rotatable bonds is 31. The van der Waals surface area contributed by atoms with Crippen LogP contribution in [0, 0.1) is 17.8 Å². The van der Waals surface area contributed by atoms with Crippen molar-refractivity contribution in [2.75, 3.05) is 27.2 Å². The van der Waals surface area contributed by atoms with E-state index in [4.69, 9.17) is 0 Å². The lowest BCUT2D eigenvalue weighted by atomic mass is 9.89. The lowest BCUT2D eigenvalue weighted by molar-refractivity contribution is -0.894. The smallest absolute Gasteiger partial charge is 0.0811 e. The Kier molecular flexibility index (Phi) is 32.5. The highest BCUT2D eigenvalue weighted by atomic mass is 35.5. The summed E-state index contributed by atoms with van der Waals surface area (Å²) in [6.45, 7) is 14.7. The summed E-state index contributed by atoms with van der Waals surface area (Å²) in [4.78, 5) is 0. The van der Waals surface area contributed by atoms with Gasteiger partial charge in [-0.2, -0.15) is 0 Å². The molecule has 244 valence electrons. The first-order chi connectivity index (χ1) is 18.8. The third-order valence-electron chi connectivity index (χ3n) is 9.56. The van der Waals surface area contributed by atoms with Crippen LogP contribution < -0.4 is 12.4 Å². The molecule has 0 heterocycles. The summed E-state index contributed by atoms with van der Waals surface area (Å²) >= 11 is 0. The van der Waals surface area contributed by atoms with Gasteiger partial charge in [0, 0.05) is 5.92 Å². The maximum absolute atomic E-state index is 2.52. The maximum Gasteiger partial charge on any atom is 0.0811 e. The van der Waals surface area contributed by atoms with E-state index in [0.717, 1.165) is 17.8 Å². The van der Waals surface area contributed by atoms with Gasteiger partial charge in [0.25, 0.3) is 0 Å². The summed E-state index contributed by atoms with van der Waals surface area (Å²) in [5.74, 6) is 2.78. The van der Waals surface area contributed by atoms with E-state index in [9.17, 15) is 0 Å². The molecule has 3 unspecified atom stereocenters. The van der Waals surface area contributed by atoms with Crippen LogP contribution in [0.5, 0.6) is 0 Å². The Bertz CT molecular complexity index is 476. The van der Waals surface area contributed by atoms with Gasteiger partial charge in [-0.15, -0.1) is 0 Å². The molecular formula is C38H80ClN. The first-order valence-electron chi connectivity index (χ1n) is 18.7. The van der Waals surface area contributed by atoms with E-state index in [1.807, 2.05) is 0 Å². The minimum absolute atomic E-state index is 0. The summed E-state index contributed by atoms with van der Waals surface area (Å²) < 4.78 is 1.25. The number of nitrogens with zero attached hydrogens (tertiary/aromatic N) is 1. The maximum atomic E-state index is 2.52. The van der Waals surface area contributed by atoms with E-state index < -0.39 is 0 Å². The van der Waals surface area contributed by atoms with Crippen LogP contribution >= 0.6 is 0 Å². The van der Waals surface area contributed by atoms with Gasteiger partial charge in [0.15, 0.2) is 0 Å². The zero-order valence-electron chi connectivity index (χ0n) is 29.4. The van der Waals surface area contributed by atoms with Crippen molar-refractivity contribution in [3.8, 4) is 0 Å². The molecule has 0 fully saturated rings. The van der Waals surface area contributed by atoms with Crippen molar-refractivity contribution >= 4 is 0 Å². The predicted molar refractivity (Wildman–Crippen MR) is 181 cm³/mol. The van der Waals surface area contributed by atoms with Gasteiger partial charge in [-0.3, -0.25) is 0 Å². The summed E-state index contributed by atoms with van der Waals surface area (Å²) in [7, 11) is 5.05. The zero-order chi connectivity index (χ0) is 29.0. The second-order valence-corrected chi connectivity index (χ2v) is 14.7. The van der Waals surface area contributed by atoms with Gasteiger partial charge in [0.1, 0.15) is 0 Å². The number of halogens is 1. The molecular weight excluding hydrogens is 506 g/mol. The fourth-order valence-corrected chi connectivity index (χ4v) is 6.93. The third-order valence-corrected chi connectivity index (χ3v) is 9.56. The molecule has 0 aliphatic rings. The monoisotopic (exact) mass is 586 g/mol. The van der Waals surface area contributed by atoms with Crippen molar-refractivity contribution in [2.24, 2.45) is 17.8 Å². The third kappa shape index (κ3) is 29.7. The van der Waals surface area contributed by atoms with Gasteiger partial charge in [-0.05, 0) is 37.5 Å². The van der Waals surface area contributed by atoms with E-state index in [2.05, 4.69) is 48.7 Å². The van der Waals surface area contributed by atoms with Crippen LogP contribution in [0.15, 0.2) is 0 Å². The summed E-state index contributed by atoms with van der Waals surface area (Å²) in [5.41, 5.74) is 0. The minimum Gasteiger partial charge on any atom is -1.00 e. The number of hydrogen-bond acceptors (Lipinski definition) is 0. The number of hydrogen-bond donors (Lipinski definition) is 0. The minimum atomic E-state index is 0. The van der Waals surface area contributed by atoms with Crippen LogP contribution in [0.2, 0.25) is 0 Å². The van der Waals surface area contributed by atoms with Gasteiger partial charge in [0.05, 0.1) is 27.2 Å². The van der Waals surface area contributed by atoms with Crippen molar-refractivity contribution in [1.29, 1.82) is 0 Å². The topological polar surface area (TPSA) is 0 Å². The van der Waals surface area contributed by atoms with E-state index in [-0.39, 0.29) is 12.4 Å². The quantitative estimate of drug-likeness (QED) is 0.0560. The number of quaternary nitrogens is 1. The lowest BCUT2D eigenvalue weighted by Gasteiger charge is -2.34. The first kappa shape index (κ1) is 42.4. The zero-order valence-corrected chi connectivity index (χ0v) is 30.1. The summed E-state index contributed by atoms with van der Waals surface area (Å²) in [6, 6.07) is 0. The Morgan fingerprint density at radius 1 is 0.400 bits per heavy atom. The van der Waals surface area contributed by atoms with Gasteiger partial charge in [-0.1, -0.05) is 176 Å². The van der Waals surface area contributed by atoms with E-state index in [1.54, 1.807) is 0 Å².